The van der Waals surface area contributed by atoms with Crippen LogP contribution >= 0.6 is 11.3 Å². The van der Waals surface area contributed by atoms with Crippen molar-refractivity contribution in [1.82, 2.24) is 9.88 Å². The molecule has 20 heavy (non-hydrogen) atoms. The molecule has 0 atom stereocenters. The second-order valence-electron chi connectivity index (χ2n) is 5.13. The van der Waals surface area contributed by atoms with Gasteiger partial charge in [-0.3, -0.25) is 4.79 Å². The van der Waals surface area contributed by atoms with Crippen LogP contribution in [0.4, 0.5) is 0 Å². The lowest BCUT2D eigenvalue weighted by molar-refractivity contribution is -0.155. The number of hydrogen-bond acceptors (Lipinski definition) is 5. The van der Waals surface area contributed by atoms with E-state index < -0.39 is 5.60 Å². The Kier molecular flexibility index (Phi) is 3.35. The van der Waals surface area contributed by atoms with Gasteiger partial charge in [-0.05, 0) is 18.6 Å². The summed E-state index contributed by atoms with van der Waals surface area (Å²) in [5.74, 6) is 0.734. The number of carbonyl (C=O) groups is 1. The number of likely N-dealkylation sites (tertiary alicyclic amines) is 1. The van der Waals surface area contributed by atoms with Crippen LogP contribution in [0.25, 0.3) is 10.8 Å². The third kappa shape index (κ3) is 2.48. The molecule has 3 heterocycles. The maximum absolute atomic E-state index is 12.1. The van der Waals surface area contributed by atoms with Crippen molar-refractivity contribution < 1.29 is 14.3 Å². The lowest BCUT2D eigenvalue weighted by atomic mass is 9.91. The number of aromatic nitrogens is 1. The van der Waals surface area contributed by atoms with Gasteiger partial charge < -0.3 is 14.4 Å². The van der Waals surface area contributed by atoms with Crippen molar-refractivity contribution in [1.29, 1.82) is 0 Å². The molecule has 5 nitrogen and oxygen atoms in total. The van der Waals surface area contributed by atoms with Gasteiger partial charge in [0.1, 0.15) is 0 Å². The average molecular weight is 292 g/mol. The molecule has 1 N–H and O–H groups in total. The predicted molar refractivity (Wildman–Crippen MR) is 75.3 cm³/mol. The molecule has 0 bridgehead atoms. The lowest BCUT2D eigenvalue weighted by Crippen LogP contribution is -2.63. The van der Waals surface area contributed by atoms with Crippen LogP contribution in [-0.4, -0.2) is 39.6 Å². The number of thiazole rings is 1. The normalized spacial score (nSPS) is 17.0. The summed E-state index contributed by atoms with van der Waals surface area (Å²) in [6.07, 6.45) is 2.56. The minimum atomic E-state index is -0.683. The summed E-state index contributed by atoms with van der Waals surface area (Å²) >= 11 is 1.47. The van der Waals surface area contributed by atoms with Gasteiger partial charge in [-0.15, -0.1) is 11.3 Å². The second-order valence-corrected chi connectivity index (χ2v) is 5.98. The summed E-state index contributed by atoms with van der Waals surface area (Å²) in [5.41, 5.74) is 0.0650. The van der Waals surface area contributed by atoms with Gasteiger partial charge in [0.25, 0.3) is 0 Å². The fourth-order valence-electron chi connectivity index (χ4n) is 2.23. The number of carbonyl (C=O) groups excluding carboxylic acids is 1. The summed E-state index contributed by atoms with van der Waals surface area (Å²) in [4.78, 5) is 18.1. The van der Waals surface area contributed by atoms with E-state index >= 15 is 0 Å². The molecular formula is C14H16N2O3S. The monoisotopic (exact) mass is 292 g/mol. The van der Waals surface area contributed by atoms with Crippen molar-refractivity contribution in [2.24, 2.45) is 0 Å². The van der Waals surface area contributed by atoms with Crippen LogP contribution in [0.1, 0.15) is 19.0 Å². The average Bonchev–Trinajstić information content (AvgIpc) is 3.04. The Morgan fingerprint density at radius 2 is 2.40 bits per heavy atom. The van der Waals surface area contributed by atoms with Crippen molar-refractivity contribution in [3.8, 4) is 10.8 Å². The first kappa shape index (κ1) is 13.3. The molecule has 0 aromatic carbocycles. The number of nitrogens with zero attached hydrogens (tertiary/aromatic N) is 2. The van der Waals surface area contributed by atoms with Crippen LogP contribution in [0.2, 0.25) is 0 Å². The van der Waals surface area contributed by atoms with Gasteiger partial charge in [0.15, 0.2) is 10.8 Å². The quantitative estimate of drug-likeness (QED) is 0.935. The molecule has 3 rings (SSSR count). The zero-order valence-electron chi connectivity index (χ0n) is 11.2. The zero-order chi connectivity index (χ0) is 14.2. The topological polar surface area (TPSA) is 66.6 Å². The summed E-state index contributed by atoms with van der Waals surface area (Å²) in [6, 6.07) is 3.66. The minimum Gasteiger partial charge on any atom is -0.462 e. The molecule has 1 aliphatic rings. The predicted octanol–water partition coefficient (Wildman–Crippen LogP) is 1.93. The van der Waals surface area contributed by atoms with E-state index in [1.165, 1.54) is 11.3 Å². The summed E-state index contributed by atoms with van der Waals surface area (Å²) in [7, 11) is 0. The highest BCUT2D eigenvalue weighted by molar-refractivity contribution is 7.13. The van der Waals surface area contributed by atoms with E-state index in [1.54, 1.807) is 11.2 Å². The smallest absolute Gasteiger partial charge is 0.228 e. The molecule has 0 spiro atoms. The molecule has 0 aliphatic carbocycles. The SMILES string of the molecule is CCC1(O)CN(C(=O)Cc2csc(-c3ccco3)n2)C1. The molecule has 2 aromatic heterocycles. The Morgan fingerprint density at radius 1 is 1.60 bits per heavy atom. The maximum atomic E-state index is 12.1. The van der Waals surface area contributed by atoms with Crippen LogP contribution in [0.15, 0.2) is 28.2 Å². The maximum Gasteiger partial charge on any atom is 0.228 e. The Morgan fingerprint density at radius 3 is 3.05 bits per heavy atom. The van der Waals surface area contributed by atoms with Crippen molar-refractivity contribution in [2.45, 2.75) is 25.4 Å². The third-order valence-electron chi connectivity index (χ3n) is 3.60. The molecule has 1 amide bonds. The largest absolute Gasteiger partial charge is 0.462 e. The van der Waals surface area contributed by atoms with Gasteiger partial charge in [-0.1, -0.05) is 6.92 Å². The van der Waals surface area contributed by atoms with Gasteiger partial charge in [0.05, 0.1) is 37.1 Å². The van der Waals surface area contributed by atoms with E-state index in [2.05, 4.69) is 4.98 Å². The van der Waals surface area contributed by atoms with Gasteiger partial charge >= 0.3 is 0 Å². The number of aliphatic hydroxyl groups is 1. The van der Waals surface area contributed by atoms with Crippen LogP contribution in [-0.2, 0) is 11.2 Å². The molecule has 1 fully saturated rings. The van der Waals surface area contributed by atoms with Crippen molar-refractivity contribution in [3.63, 3.8) is 0 Å². The van der Waals surface area contributed by atoms with Crippen molar-refractivity contribution in [2.75, 3.05) is 13.1 Å². The van der Waals surface area contributed by atoms with E-state index in [4.69, 9.17) is 4.42 Å². The molecule has 1 saturated heterocycles. The number of amides is 1. The first-order valence-corrected chi connectivity index (χ1v) is 7.46. The number of furan rings is 1. The van der Waals surface area contributed by atoms with Crippen molar-refractivity contribution in [3.05, 3.63) is 29.5 Å². The summed E-state index contributed by atoms with van der Waals surface area (Å²) in [5, 5.41) is 12.6. The molecule has 0 saturated carbocycles. The Balaban J connectivity index is 1.60. The van der Waals surface area contributed by atoms with Crippen LogP contribution in [0.5, 0.6) is 0 Å². The van der Waals surface area contributed by atoms with Crippen molar-refractivity contribution >= 4 is 17.2 Å². The fourth-order valence-corrected chi connectivity index (χ4v) is 3.02. The zero-order valence-corrected chi connectivity index (χ0v) is 12.0. The molecule has 0 radical (unpaired) electrons. The summed E-state index contributed by atoms with van der Waals surface area (Å²) in [6.45, 7) is 2.78. The lowest BCUT2D eigenvalue weighted by Gasteiger charge is -2.46. The Labute approximate surface area is 120 Å². The first-order valence-electron chi connectivity index (χ1n) is 6.58. The highest BCUT2D eigenvalue weighted by Gasteiger charge is 2.41. The minimum absolute atomic E-state index is 0.0134. The first-order chi connectivity index (χ1) is 9.59. The van der Waals surface area contributed by atoms with Crippen LogP contribution in [0.3, 0.4) is 0 Å². The second kappa shape index (κ2) is 5.03. The molecular weight excluding hydrogens is 276 g/mol. The highest BCUT2D eigenvalue weighted by Crippen LogP contribution is 2.27. The van der Waals surface area contributed by atoms with E-state index in [0.717, 1.165) is 16.5 Å². The Bertz CT molecular complexity index is 600. The standard InChI is InChI=1S/C14H16N2O3S/c1-2-14(18)8-16(9-14)12(17)6-10-7-20-13(15-10)11-4-3-5-19-11/h3-5,7,18H,2,6,8-9H2,1H3. The molecule has 2 aromatic rings. The number of β-amino-alcohol motifs (C(OH)–C–C–N with tert-alkyl or cyclic N) is 1. The van der Waals surface area contributed by atoms with Gasteiger partial charge in [-0.2, -0.15) is 0 Å². The van der Waals surface area contributed by atoms with Gasteiger partial charge in [0.2, 0.25) is 5.91 Å². The molecule has 106 valence electrons. The van der Waals surface area contributed by atoms with E-state index in [1.807, 2.05) is 24.4 Å². The highest BCUT2D eigenvalue weighted by atomic mass is 32.1. The summed E-state index contributed by atoms with van der Waals surface area (Å²) < 4.78 is 5.28. The molecule has 6 heteroatoms. The Hall–Kier alpha value is -1.66. The van der Waals surface area contributed by atoms with E-state index in [-0.39, 0.29) is 12.3 Å². The number of hydrogen-bond donors (Lipinski definition) is 1. The van der Waals surface area contributed by atoms with Gasteiger partial charge in [-0.25, -0.2) is 4.98 Å². The van der Waals surface area contributed by atoms with Crippen LogP contribution < -0.4 is 0 Å². The van der Waals surface area contributed by atoms with E-state index in [0.29, 0.717) is 19.5 Å². The van der Waals surface area contributed by atoms with Gasteiger partial charge in [0, 0.05) is 5.38 Å². The fraction of sp³-hybridized carbons (Fsp3) is 0.429. The molecule has 0 unspecified atom stereocenters. The molecule has 1 aliphatic heterocycles. The third-order valence-corrected chi connectivity index (χ3v) is 4.50. The van der Waals surface area contributed by atoms with Crippen LogP contribution in [0, 0.1) is 0 Å². The van der Waals surface area contributed by atoms with E-state index in [9.17, 15) is 9.90 Å². The number of rotatable bonds is 4.